The van der Waals surface area contributed by atoms with Crippen LogP contribution in [-0.4, -0.2) is 67.6 Å². The van der Waals surface area contributed by atoms with Crippen molar-refractivity contribution in [3.8, 4) is 17.0 Å². The van der Waals surface area contributed by atoms with Crippen LogP contribution in [0.3, 0.4) is 0 Å². The van der Waals surface area contributed by atoms with Crippen LogP contribution < -0.4 is 5.56 Å². The van der Waals surface area contributed by atoms with E-state index in [2.05, 4.69) is 20.5 Å². The lowest BCUT2D eigenvalue weighted by Gasteiger charge is -2.34. The Balaban J connectivity index is 1.67. The molecule has 174 valence electrons. The van der Waals surface area contributed by atoms with Gasteiger partial charge >= 0.3 is 5.97 Å². The number of fused-ring (bicyclic) bond motifs is 1. The number of piperazine rings is 1. The van der Waals surface area contributed by atoms with E-state index in [1.165, 1.54) is 0 Å². The van der Waals surface area contributed by atoms with Gasteiger partial charge in [0.2, 0.25) is 5.91 Å². The van der Waals surface area contributed by atoms with Gasteiger partial charge in [0.15, 0.2) is 5.56 Å². The molecule has 0 saturated carbocycles. The molecule has 4 rings (SSSR count). The molecule has 0 unspecified atom stereocenters. The number of carboxylic acid groups (broad SMARTS) is 1. The van der Waals surface area contributed by atoms with Gasteiger partial charge in [0.25, 0.3) is 5.56 Å². The normalized spacial score (nSPS) is 14.7. The molecular formula is C24H28N4O5. The Morgan fingerprint density at radius 3 is 2.42 bits per heavy atom. The molecule has 0 spiro atoms. The van der Waals surface area contributed by atoms with Gasteiger partial charge in [-0.2, -0.15) is 0 Å². The summed E-state index contributed by atoms with van der Waals surface area (Å²) in [4.78, 5) is 42.1. The number of aromatic carboxylic acids is 1. The first-order valence-electron chi connectivity index (χ1n) is 11.0. The maximum atomic E-state index is 12.3. The predicted octanol–water partition coefficient (Wildman–Crippen LogP) is 2.16. The van der Waals surface area contributed by atoms with Gasteiger partial charge in [0, 0.05) is 68.9 Å². The van der Waals surface area contributed by atoms with E-state index >= 15 is 0 Å². The average Bonchev–Trinajstić information content (AvgIpc) is 3.08. The molecule has 1 aliphatic rings. The minimum Gasteiger partial charge on any atom is -0.506 e. The average molecular weight is 453 g/mol. The van der Waals surface area contributed by atoms with E-state index in [1.807, 2.05) is 30.1 Å². The SMILES string of the molecule is CCc1c(-c2ccc3c(c2)cc(CN2CCN(C(C)=O)CC2)n3C)[nH]c(=O)c(C(=O)O)c1O. The molecule has 9 nitrogen and oxygen atoms in total. The lowest BCUT2D eigenvalue weighted by molar-refractivity contribution is -0.130. The van der Waals surface area contributed by atoms with Crippen molar-refractivity contribution in [3.05, 3.63) is 51.4 Å². The van der Waals surface area contributed by atoms with Crippen molar-refractivity contribution in [2.45, 2.75) is 26.8 Å². The Morgan fingerprint density at radius 2 is 1.82 bits per heavy atom. The van der Waals surface area contributed by atoms with Crippen LogP contribution in [-0.2, 0) is 24.8 Å². The number of aromatic amines is 1. The molecule has 33 heavy (non-hydrogen) atoms. The van der Waals surface area contributed by atoms with E-state index < -0.39 is 22.8 Å². The highest BCUT2D eigenvalue weighted by Gasteiger charge is 2.23. The molecule has 3 heterocycles. The molecule has 1 fully saturated rings. The fraction of sp³-hybridized carbons (Fsp3) is 0.375. The third-order valence-corrected chi connectivity index (χ3v) is 6.49. The molecule has 3 N–H and O–H groups in total. The summed E-state index contributed by atoms with van der Waals surface area (Å²) in [6.07, 6.45) is 0.364. The monoisotopic (exact) mass is 452 g/mol. The third-order valence-electron chi connectivity index (χ3n) is 6.49. The minimum atomic E-state index is -1.46. The second-order valence-corrected chi connectivity index (χ2v) is 8.44. The second-order valence-electron chi connectivity index (χ2n) is 8.44. The number of nitrogens with one attached hydrogen (secondary N) is 1. The van der Waals surface area contributed by atoms with E-state index in [-0.39, 0.29) is 5.91 Å². The Bertz CT molecular complexity index is 1300. The molecule has 1 aliphatic heterocycles. The number of carbonyl (C=O) groups excluding carboxylic acids is 1. The van der Waals surface area contributed by atoms with Gasteiger partial charge in [-0.25, -0.2) is 4.79 Å². The van der Waals surface area contributed by atoms with Gasteiger partial charge in [0.1, 0.15) is 5.75 Å². The Kier molecular flexibility index (Phi) is 5.99. The smallest absolute Gasteiger partial charge is 0.345 e. The summed E-state index contributed by atoms with van der Waals surface area (Å²) in [6.45, 7) is 7.26. The van der Waals surface area contributed by atoms with Crippen LogP contribution in [0.25, 0.3) is 22.2 Å². The number of amides is 1. The number of carboxylic acids is 1. The van der Waals surface area contributed by atoms with Crippen LogP contribution in [0.1, 0.15) is 35.5 Å². The number of carbonyl (C=O) groups is 2. The molecule has 2 aromatic heterocycles. The highest BCUT2D eigenvalue weighted by atomic mass is 16.4. The van der Waals surface area contributed by atoms with Crippen molar-refractivity contribution in [2.24, 2.45) is 7.05 Å². The largest absolute Gasteiger partial charge is 0.506 e. The molecule has 1 amide bonds. The van der Waals surface area contributed by atoms with Gasteiger partial charge in [-0.1, -0.05) is 13.0 Å². The number of pyridine rings is 1. The van der Waals surface area contributed by atoms with Crippen LogP contribution in [0, 0.1) is 0 Å². The summed E-state index contributed by atoms with van der Waals surface area (Å²) >= 11 is 0. The Labute approximate surface area is 190 Å². The number of hydrogen-bond acceptors (Lipinski definition) is 5. The number of nitrogens with zero attached hydrogens (tertiary/aromatic N) is 3. The lowest BCUT2D eigenvalue weighted by atomic mass is 9.99. The summed E-state index contributed by atoms with van der Waals surface area (Å²) in [6, 6.07) is 7.87. The summed E-state index contributed by atoms with van der Waals surface area (Å²) in [7, 11) is 2.01. The number of aromatic nitrogens is 2. The first-order chi connectivity index (χ1) is 15.7. The van der Waals surface area contributed by atoms with E-state index in [1.54, 1.807) is 13.8 Å². The van der Waals surface area contributed by atoms with E-state index in [0.29, 0.717) is 23.2 Å². The van der Waals surface area contributed by atoms with Crippen molar-refractivity contribution in [2.75, 3.05) is 26.2 Å². The molecule has 0 bridgehead atoms. The van der Waals surface area contributed by atoms with Gasteiger partial charge in [-0.05, 0) is 30.2 Å². The Morgan fingerprint density at radius 1 is 1.12 bits per heavy atom. The van der Waals surface area contributed by atoms with Crippen molar-refractivity contribution >= 4 is 22.8 Å². The van der Waals surface area contributed by atoms with Gasteiger partial charge < -0.3 is 24.7 Å². The van der Waals surface area contributed by atoms with Crippen LogP contribution >= 0.6 is 0 Å². The fourth-order valence-electron chi connectivity index (χ4n) is 4.58. The molecule has 0 atom stereocenters. The van der Waals surface area contributed by atoms with Gasteiger partial charge in [-0.3, -0.25) is 14.5 Å². The predicted molar refractivity (Wildman–Crippen MR) is 125 cm³/mol. The molecule has 3 aromatic rings. The first kappa shape index (κ1) is 22.6. The summed E-state index contributed by atoms with van der Waals surface area (Å²) in [5.41, 5.74) is 2.23. The third kappa shape index (κ3) is 4.11. The molecule has 0 radical (unpaired) electrons. The van der Waals surface area contributed by atoms with Crippen LogP contribution in [0.4, 0.5) is 0 Å². The number of hydrogen-bond donors (Lipinski definition) is 3. The second kappa shape index (κ2) is 8.74. The standard InChI is InChI=1S/C24H28N4O5/c1-4-18-21(25-23(31)20(22(18)30)24(32)33)15-5-6-19-16(11-15)12-17(26(19)3)13-27-7-9-28(10-8-27)14(2)29/h5-6,11-12H,4,7-10,13H2,1-3H3,(H,32,33)(H2,25,30,31). The van der Waals surface area contributed by atoms with E-state index in [4.69, 9.17) is 0 Å². The zero-order valence-electron chi connectivity index (χ0n) is 19.0. The van der Waals surface area contributed by atoms with Crippen molar-refractivity contribution in [1.82, 2.24) is 19.4 Å². The number of rotatable bonds is 5. The lowest BCUT2D eigenvalue weighted by Crippen LogP contribution is -2.47. The molecule has 0 aliphatic carbocycles. The quantitative estimate of drug-likeness (QED) is 0.546. The highest BCUT2D eigenvalue weighted by molar-refractivity contribution is 5.92. The number of H-pyrrole nitrogens is 1. The fourth-order valence-corrected chi connectivity index (χ4v) is 4.58. The first-order valence-corrected chi connectivity index (χ1v) is 11.0. The van der Waals surface area contributed by atoms with Gasteiger partial charge in [0.05, 0.1) is 5.69 Å². The zero-order valence-corrected chi connectivity index (χ0v) is 19.0. The topological polar surface area (TPSA) is 119 Å². The molecule has 1 saturated heterocycles. The van der Waals surface area contributed by atoms with E-state index in [0.717, 1.165) is 49.3 Å². The summed E-state index contributed by atoms with van der Waals surface area (Å²) < 4.78 is 2.13. The zero-order chi connectivity index (χ0) is 23.9. The highest BCUT2D eigenvalue weighted by Crippen LogP contribution is 2.32. The maximum Gasteiger partial charge on any atom is 0.345 e. The molecular weight excluding hydrogens is 424 g/mol. The number of benzene rings is 1. The molecule has 1 aromatic carbocycles. The van der Waals surface area contributed by atoms with Crippen molar-refractivity contribution < 1.29 is 19.8 Å². The Hall–Kier alpha value is -3.59. The van der Waals surface area contributed by atoms with Crippen LogP contribution in [0.15, 0.2) is 29.1 Å². The van der Waals surface area contributed by atoms with Crippen molar-refractivity contribution in [3.63, 3.8) is 0 Å². The number of aromatic hydroxyl groups is 1. The summed E-state index contributed by atoms with van der Waals surface area (Å²) in [5.74, 6) is -1.83. The van der Waals surface area contributed by atoms with Crippen molar-refractivity contribution in [1.29, 1.82) is 0 Å². The molecule has 9 heteroatoms. The number of aryl methyl sites for hydroxylation is 1. The van der Waals surface area contributed by atoms with Gasteiger partial charge in [-0.15, -0.1) is 0 Å². The van der Waals surface area contributed by atoms with E-state index in [9.17, 15) is 24.6 Å². The maximum absolute atomic E-state index is 12.3. The minimum absolute atomic E-state index is 0.110. The van der Waals surface area contributed by atoms with Crippen LogP contribution in [0.5, 0.6) is 5.75 Å². The van der Waals surface area contributed by atoms with Crippen LogP contribution in [0.2, 0.25) is 0 Å². The summed E-state index contributed by atoms with van der Waals surface area (Å²) in [5, 5.41) is 20.7.